The van der Waals surface area contributed by atoms with Crippen molar-refractivity contribution in [1.82, 2.24) is 4.57 Å². The van der Waals surface area contributed by atoms with Gasteiger partial charge in [-0.3, -0.25) is 0 Å². The monoisotopic (exact) mass is 934 g/mol. The minimum atomic E-state index is -0.301. The van der Waals surface area contributed by atoms with E-state index in [4.69, 9.17) is 4.42 Å². The van der Waals surface area contributed by atoms with Crippen molar-refractivity contribution in [2.24, 2.45) is 0 Å². The number of hydrogen-bond acceptors (Lipinski definition) is 2. The molecule has 13 aromatic rings. The normalized spacial score (nSPS) is 14.0. The minimum Gasteiger partial charge on any atom is -0.456 e. The van der Waals surface area contributed by atoms with Crippen LogP contribution in [0.2, 0.25) is 0 Å². The lowest BCUT2D eigenvalue weighted by molar-refractivity contribution is 0.660. The van der Waals surface area contributed by atoms with Crippen LogP contribution in [0, 0.1) is 0 Å². The third-order valence-corrected chi connectivity index (χ3v) is 16.6. The van der Waals surface area contributed by atoms with Crippen LogP contribution in [-0.2, 0) is 10.8 Å². The predicted molar refractivity (Wildman–Crippen MR) is 306 cm³/mol. The summed E-state index contributed by atoms with van der Waals surface area (Å²) in [5.74, 6) is 0. The molecule has 0 fully saturated rings. The molecular formula is C70H50N2O. The highest BCUT2D eigenvalue weighted by Gasteiger charge is 2.40. The Morgan fingerprint density at radius 2 is 0.973 bits per heavy atom. The van der Waals surface area contributed by atoms with Crippen LogP contribution >= 0.6 is 0 Å². The maximum absolute atomic E-state index is 6.45. The van der Waals surface area contributed by atoms with E-state index in [0.717, 1.165) is 44.6 Å². The number of anilines is 3. The fourth-order valence-electron chi connectivity index (χ4n) is 13.0. The van der Waals surface area contributed by atoms with Gasteiger partial charge in [-0.15, -0.1) is 0 Å². The van der Waals surface area contributed by atoms with Gasteiger partial charge in [-0.25, -0.2) is 0 Å². The van der Waals surface area contributed by atoms with Crippen LogP contribution in [-0.4, -0.2) is 4.57 Å². The third kappa shape index (κ3) is 6.06. The molecule has 3 heteroatoms. The summed E-state index contributed by atoms with van der Waals surface area (Å²) in [6, 6.07) is 85.6. The summed E-state index contributed by atoms with van der Waals surface area (Å²) < 4.78 is 8.94. The number of nitrogens with zero attached hydrogens (tertiary/aromatic N) is 2. The average molecular weight is 935 g/mol. The quantitative estimate of drug-likeness (QED) is 0.166. The molecular weight excluding hydrogens is 885 g/mol. The van der Waals surface area contributed by atoms with Crippen LogP contribution in [0.4, 0.5) is 17.1 Å². The molecule has 2 heterocycles. The van der Waals surface area contributed by atoms with Crippen molar-refractivity contribution in [2.75, 3.05) is 4.90 Å². The van der Waals surface area contributed by atoms with E-state index in [9.17, 15) is 0 Å². The largest absolute Gasteiger partial charge is 0.456 e. The molecule has 0 N–H and O–H groups in total. The highest BCUT2D eigenvalue weighted by atomic mass is 16.3. The number of furan rings is 1. The van der Waals surface area contributed by atoms with E-state index in [-0.39, 0.29) is 10.8 Å². The molecule has 0 saturated carbocycles. The van der Waals surface area contributed by atoms with Gasteiger partial charge in [-0.2, -0.15) is 0 Å². The zero-order valence-electron chi connectivity index (χ0n) is 41.2. The lowest BCUT2D eigenvalue weighted by atomic mass is 9.80. The van der Waals surface area contributed by atoms with Gasteiger partial charge in [0.15, 0.2) is 0 Å². The van der Waals surface area contributed by atoms with Gasteiger partial charge in [-0.05, 0) is 150 Å². The van der Waals surface area contributed by atoms with Gasteiger partial charge in [0, 0.05) is 49.4 Å². The summed E-state index contributed by atoms with van der Waals surface area (Å²) >= 11 is 0. The molecule has 0 atom stereocenters. The number of para-hydroxylation sites is 2. The second-order valence-corrected chi connectivity index (χ2v) is 21.3. The van der Waals surface area contributed by atoms with E-state index >= 15 is 0 Å². The highest BCUT2D eigenvalue weighted by Crippen LogP contribution is 2.56. The van der Waals surface area contributed by atoms with E-state index < -0.39 is 0 Å². The van der Waals surface area contributed by atoms with E-state index in [2.05, 4.69) is 262 Å². The number of hydrogen-bond donors (Lipinski definition) is 0. The van der Waals surface area contributed by atoms with E-state index in [1.165, 1.54) is 99.5 Å². The van der Waals surface area contributed by atoms with Crippen molar-refractivity contribution in [3.05, 3.63) is 253 Å². The second-order valence-electron chi connectivity index (χ2n) is 21.3. The van der Waals surface area contributed by atoms with Gasteiger partial charge >= 0.3 is 0 Å². The van der Waals surface area contributed by atoms with Crippen molar-refractivity contribution in [1.29, 1.82) is 0 Å². The summed E-state index contributed by atoms with van der Waals surface area (Å²) in [5, 5.41) is 7.18. The molecule has 346 valence electrons. The lowest BCUT2D eigenvalue weighted by Gasteiger charge is -2.33. The maximum Gasteiger partial charge on any atom is 0.135 e. The predicted octanol–water partition coefficient (Wildman–Crippen LogP) is 19.3. The first-order valence-corrected chi connectivity index (χ1v) is 25.6. The van der Waals surface area contributed by atoms with Gasteiger partial charge in [-0.1, -0.05) is 185 Å². The Bertz CT molecular complexity index is 4440. The van der Waals surface area contributed by atoms with E-state index in [0.29, 0.717) is 0 Å². The van der Waals surface area contributed by atoms with Crippen molar-refractivity contribution >= 4 is 71.6 Å². The molecule has 2 aromatic heterocycles. The van der Waals surface area contributed by atoms with Crippen LogP contribution in [0.1, 0.15) is 49.9 Å². The Morgan fingerprint density at radius 1 is 0.356 bits per heavy atom. The highest BCUT2D eigenvalue weighted by molar-refractivity contribution is 6.11. The van der Waals surface area contributed by atoms with Crippen LogP contribution < -0.4 is 4.90 Å². The lowest BCUT2D eigenvalue weighted by Crippen LogP contribution is -2.20. The van der Waals surface area contributed by atoms with E-state index in [1.54, 1.807) is 0 Å². The minimum absolute atomic E-state index is 0.117. The zero-order valence-corrected chi connectivity index (χ0v) is 41.2. The number of rotatable bonds is 6. The topological polar surface area (TPSA) is 21.3 Å². The van der Waals surface area contributed by atoms with Gasteiger partial charge in [0.05, 0.1) is 16.7 Å². The van der Waals surface area contributed by atoms with Crippen LogP contribution in [0.25, 0.3) is 105 Å². The Morgan fingerprint density at radius 3 is 1.81 bits per heavy atom. The van der Waals surface area contributed by atoms with Gasteiger partial charge in [0.2, 0.25) is 0 Å². The molecule has 0 spiro atoms. The van der Waals surface area contributed by atoms with Crippen LogP contribution in [0.5, 0.6) is 0 Å². The zero-order chi connectivity index (χ0) is 48.7. The van der Waals surface area contributed by atoms with Crippen molar-refractivity contribution in [3.8, 4) is 50.2 Å². The summed E-state index contributed by atoms with van der Waals surface area (Å²) in [5.41, 5.74) is 23.6. The summed E-state index contributed by atoms with van der Waals surface area (Å²) in [6.45, 7) is 9.54. The SMILES string of the molecule is CC1(C)c2ccccc2-c2ccc(-n3c4ccccc4c4ccc(-c5cc6c(c(N(c7ccc(-c8cccc9ccccc89)cc7)c7ccc8oc9ccccc9c8c7)c5)C(C)(C)c5ccccc5-6)cc43)cc21. The fraction of sp³-hybridized carbons (Fsp3) is 0.0857. The van der Waals surface area contributed by atoms with Gasteiger partial charge < -0.3 is 13.9 Å². The summed E-state index contributed by atoms with van der Waals surface area (Å²) in [4.78, 5) is 2.50. The summed E-state index contributed by atoms with van der Waals surface area (Å²) in [6.07, 6.45) is 0. The third-order valence-electron chi connectivity index (χ3n) is 16.6. The fourth-order valence-corrected chi connectivity index (χ4v) is 13.0. The smallest absolute Gasteiger partial charge is 0.135 e. The van der Waals surface area contributed by atoms with Gasteiger partial charge in [0.25, 0.3) is 0 Å². The number of fused-ring (bicyclic) bond motifs is 13. The maximum atomic E-state index is 6.45. The standard InChI is InChI=1S/C70H50N2O/c1-69(2)60-24-11-7-19-52(60)54-36-33-49(42-62(54)69)72-63-26-13-9-21-55(63)56-35-30-45(39-64(56)72)46-38-59-53-20-8-12-25-61(53)70(3,4)68(59)65(40-46)71(48-34-37-67-58(41-48)57-22-10-14-27-66(57)73-67)47-31-28-44(29-32-47)51-23-15-17-43-16-5-6-18-50(43)51/h5-42H,1-4H3. The Hall–Kier alpha value is -8.92. The average Bonchev–Trinajstić information content (AvgIpc) is 4.11. The molecule has 3 nitrogen and oxygen atoms in total. The molecule has 0 aliphatic heterocycles. The first kappa shape index (κ1) is 41.8. The molecule has 2 aliphatic rings. The molecule has 0 bridgehead atoms. The van der Waals surface area contributed by atoms with Crippen LogP contribution in [0.15, 0.2) is 235 Å². The molecule has 0 radical (unpaired) electrons. The molecule has 11 aromatic carbocycles. The second kappa shape index (κ2) is 15.3. The Balaban J connectivity index is 0.968. The van der Waals surface area contributed by atoms with Crippen molar-refractivity contribution in [3.63, 3.8) is 0 Å². The molecule has 73 heavy (non-hydrogen) atoms. The molecule has 15 rings (SSSR count). The Labute approximate surface area is 424 Å². The molecule has 0 unspecified atom stereocenters. The van der Waals surface area contributed by atoms with Crippen molar-refractivity contribution in [2.45, 2.75) is 38.5 Å². The van der Waals surface area contributed by atoms with Gasteiger partial charge in [0.1, 0.15) is 11.2 Å². The number of aromatic nitrogens is 1. The van der Waals surface area contributed by atoms with Crippen molar-refractivity contribution < 1.29 is 4.42 Å². The van der Waals surface area contributed by atoms with E-state index in [1.807, 2.05) is 6.07 Å². The molecule has 0 saturated heterocycles. The van der Waals surface area contributed by atoms with Crippen LogP contribution in [0.3, 0.4) is 0 Å². The molecule has 2 aliphatic carbocycles. The first-order valence-electron chi connectivity index (χ1n) is 25.6. The number of benzene rings is 11. The first-order chi connectivity index (χ1) is 35.7. The molecule has 0 amide bonds. The Kier molecular flexibility index (Phi) is 8.76. The summed E-state index contributed by atoms with van der Waals surface area (Å²) in [7, 11) is 0.